The molecule has 3 rings (SSSR count). The van der Waals surface area contributed by atoms with Crippen LogP contribution in [0.15, 0.2) is 28.8 Å². The molecule has 1 aliphatic rings. The predicted molar refractivity (Wildman–Crippen MR) is 75.1 cm³/mol. The molecule has 0 N–H and O–H groups in total. The normalized spacial score (nSPS) is 18.7. The van der Waals surface area contributed by atoms with E-state index >= 15 is 0 Å². The van der Waals surface area contributed by atoms with Crippen LogP contribution in [0.5, 0.6) is 0 Å². The van der Waals surface area contributed by atoms with E-state index in [1.165, 1.54) is 17.0 Å². The molecule has 0 bridgehead atoms. The first-order valence-corrected chi connectivity index (χ1v) is 7.22. The van der Waals surface area contributed by atoms with Crippen LogP contribution in [-0.4, -0.2) is 40.7 Å². The summed E-state index contributed by atoms with van der Waals surface area (Å²) in [5, 5.41) is 3.80. The standard InChI is InChI=1S/C15H14F3N3O3/c1-9-19-13(20-24-9)12-8-23-7-6-21(12)14(22)10-2-4-11(5-3-10)15(16,17)18/h2-5,12H,6-8H2,1H3/t12-/m0/s1. The summed E-state index contributed by atoms with van der Waals surface area (Å²) in [6.45, 7) is 2.45. The minimum Gasteiger partial charge on any atom is -0.377 e. The second-order valence-corrected chi connectivity index (χ2v) is 5.34. The number of alkyl halides is 3. The Morgan fingerprint density at radius 2 is 2.00 bits per heavy atom. The molecule has 1 aromatic heterocycles. The van der Waals surface area contributed by atoms with E-state index in [1.807, 2.05) is 0 Å². The van der Waals surface area contributed by atoms with Crippen molar-refractivity contribution in [1.29, 1.82) is 0 Å². The number of nitrogens with zero attached hydrogens (tertiary/aromatic N) is 3. The van der Waals surface area contributed by atoms with Crippen LogP contribution in [0.25, 0.3) is 0 Å². The van der Waals surface area contributed by atoms with E-state index in [2.05, 4.69) is 10.1 Å². The van der Waals surface area contributed by atoms with Crippen LogP contribution < -0.4 is 0 Å². The number of rotatable bonds is 2. The topological polar surface area (TPSA) is 68.5 Å². The van der Waals surface area contributed by atoms with Gasteiger partial charge in [0.15, 0.2) is 5.82 Å². The number of carbonyl (C=O) groups excluding carboxylic acids is 1. The average molecular weight is 341 g/mol. The van der Waals surface area contributed by atoms with Crippen molar-refractivity contribution >= 4 is 5.91 Å². The van der Waals surface area contributed by atoms with Crippen molar-refractivity contribution in [1.82, 2.24) is 15.0 Å². The Morgan fingerprint density at radius 1 is 1.29 bits per heavy atom. The number of carbonyl (C=O) groups is 1. The van der Waals surface area contributed by atoms with Gasteiger partial charge >= 0.3 is 6.18 Å². The van der Waals surface area contributed by atoms with E-state index in [4.69, 9.17) is 9.26 Å². The third kappa shape index (κ3) is 3.25. The van der Waals surface area contributed by atoms with Crippen LogP contribution in [-0.2, 0) is 10.9 Å². The van der Waals surface area contributed by atoms with Crippen LogP contribution in [0.4, 0.5) is 13.2 Å². The molecule has 9 heteroatoms. The molecule has 6 nitrogen and oxygen atoms in total. The number of aromatic nitrogens is 2. The second kappa shape index (κ2) is 6.23. The summed E-state index contributed by atoms with van der Waals surface area (Å²) < 4.78 is 48.2. The minimum atomic E-state index is -4.44. The van der Waals surface area contributed by atoms with Crippen molar-refractivity contribution in [3.8, 4) is 0 Å². The van der Waals surface area contributed by atoms with Gasteiger partial charge in [-0.2, -0.15) is 18.2 Å². The fraction of sp³-hybridized carbons (Fsp3) is 0.400. The van der Waals surface area contributed by atoms with E-state index in [0.717, 1.165) is 12.1 Å². The zero-order valence-corrected chi connectivity index (χ0v) is 12.7. The third-order valence-electron chi connectivity index (χ3n) is 3.69. The van der Waals surface area contributed by atoms with Gasteiger partial charge in [-0.15, -0.1) is 0 Å². The van der Waals surface area contributed by atoms with E-state index in [1.54, 1.807) is 6.92 Å². The molecule has 1 atom stereocenters. The number of hydrogen-bond acceptors (Lipinski definition) is 5. The molecule has 128 valence electrons. The lowest BCUT2D eigenvalue weighted by Crippen LogP contribution is -2.43. The Labute approximate surface area is 135 Å². The first kappa shape index (κ1) is 16.4. The van der Waals surface area contributed by atoms with E-state index in [0.29, 0.717) is 18.3 Å². The summed E-state index contributed by atoms with van der Waals surface area (Å²) in [5.74, 6) is 0.268. The summed E-state index contributed by atoms with van der Waals surface area (Å²) in [7, 11) is 0. The Kier molecular flexibility index (Phi) is 4.27. The zero-order chi connectivity index (χ0) is 17.3. The van der Waals surface area contributed by atoms with Crippen molar-refractivity contribution in [3.63, 3.8) is 0 Å². The molecule has 0 saturated carbocycles. The summed E-state index contributed by atoms with van der Waals surface area (Å²) in [6.07, 6.45) is -4.44. The fourth-order valence-electron chi connectivity index (χ4n) is 2.48. The zero-order valence-electron chi connectivity index (χ0n) is 12.7. The summed E-state index contributed by atoms with van der Waals surface area (Å²) >= 11 is 0. The molecule has 1 aromatic carbocycles. The molecule has 1 amide bonds. The Morgan fingerprint density at radius 3 is 2.58 bits per heavy atom. The van der Waals surface area contributed by atoms with Crippen LogP contribution in [0.1, 0.15) is 33.7 Å². The van der Waals surface area contributed by atoms with Gasteiger partial charge in [0.05, 0.1) is 18.8 Å². The lowest BCUT2D eigenvalue weighted by Gasteiger charge is -2.33. The molecule has 1 fully saturated rings. The smallest absolute Gasteiger partial charge is 0.377 e. The highest BCUT2D eigenvalue weighted by atomic mass is 19.4. The molecular weight excluding hydrogens is 327 g/mol. The number of ether oxygens (including phenoxy) is 1. The number of amides is 1. The second-order valence-electron chi connectivity index (χ2n) is 5.34. The van der Waals surface area contributed by atoms with Gasteiger partial charge in [0.25, 0.3) is 5.91 Å². The minimum absolute atomic E-state index is 0.162. The van der Waals surface area contributed by atoms with Gasteiger partial charge in [-0.25, -0.2) is 0 Å². The molecule has 0 radical (unpaired) electrons. The van der Waals surface area contributed by atoms with Gasteiger partial charge in [-0.05, 0) is 24.3 Å². The lowest BCUT2D eigenvalue weighted by molar-refractivity contribution is -0.137. The Hall–Kier alpha value is -2.42. The van der Waals surface area contributed by atoms with Gasteiger partial charge in [0.2, 0.25) is 5.89 Å². The molecule has 1 saturated heterocycles. The maximum absolute atomic E-state index is 12.7. The first-order valence-electron chi connectivity index (χ1n) is 7.22. The highest BCUT2D eigenvalue weighted by molar-refractivity contribution is 5.94. The number of benzene rings is 1. The summed E-state index contributed by atoms with van der Waals surface area (Å²) in [5.41, 5.74) is -0.638. The molecule has 0 spiro atoms. The van der Waals surface area contributed by atoms with Crippen molar-refractivity contribution in [2.24, 2.45) is 0 Å². The molecule has 2 heterocycles. The van der Waals surface area contributed by atoms with E-state index < -0.39 is 23.7 Å². The van der Waals surface area contributed by atoms with Gasteiger partial charge in [0.1, 0.15) is 6.04 Å². The molecule has 24 heavy (non-hydrogen) atoms. The highest BCUT2D eigenvalue weighted by Gasteiger charge is 2.34. The third-order valence-corrected chi connectivity index (χ3v) is 3.69. The van der Waals surface area contributed by atoms with Gasteiger partial charge in [-0.1, -0.05) is 5.16 Å². The fourth-order valence-corrected chi connectivity index (χ4v) is 2.48. The molecule has 0 unspecified atom stereocenters. The predicted octanol–water partition coefficient (Wildman–Crippen LogP) is 2.61. The van der Waals surface area contributed by atoms with Crippen molar-refractivity contribution in [2.45, 2.75) is 19.1 Å². The molecule has 0 aliphatic carbocycles. The van der Waals surface area contributed by atoms with Crippen LogP contribution >= 0.6 is 0 Å². The first-order chi connectivity index (χ1) is 11.4. The summed E-state index contributed by atoms with van der Waals surface area (Å²) in [4.78, 5) is 18.2. The Bertz CT molecular complexity index is 728. The van der Waals surface area contributed by atoms with E-state index in [9.17, 15) is 18.0 Å². The molecule has 2 aromatic rings. The number of aryl methyl sites for hydroxylation is 1. The van der Waals surface area contributed by atoms with Crippen LogP contribution in [0, 0.1) is 6.92 Å². The number of hydrogen-bond donors (Lipinski definition) is 0. The highest BCUT2D eigenvalue weighted by Crippen LogP contribution is 2.30. The van der Waals surface area contributed by atoms with E-state index in [-0.39, 0.29) is 18.7 Å². The maximum atomic E-state index is 12.7. The molecule has 1 aliphatic heterocycles. The van der Waals surface area contributed by atoms with Crippen LogP contribution in [0.3, 0.4) is 0 Å². The van der Waals surface area contributed by atoms with Crippen molar-refractivity contribution < 1.29 is 27.2 Å². The lowest BCUT2D eigenvalue weighted by atomic mass is 10.1. The van der Waals surface area contributed by atoms with Gasteiger partial charge < -0.3 is 14.2 Å². The maximum Gasteiger partial charge on any atom is 0.416 e. The quantitative estimate of drug-likeness (QED) is 0.840. The van der Waals surface area contributed by atoms with Crippen molar-refractivity contribution in [3.05, 3.63) is 47.1 Å². The van der Waals surface area contributed by atoms with Crippen molar-refractivity contribution in [2.75, 3.05) is 19.8 Å². The Balaban J connectivity index is 1.84. The molecular formula is C15H14F3N3O3. The largest absolute Gasteiger partial charge is 0.416 e. The van der Waals surface area contributed by atoms with Crippen LogP contribution in [0.2, 0.25) is 0 Å². The average Bonchev–Trinajstić information content (AvgIpc) is 3.00. The summed E-state index contributed by atoms with van der Waals surface area (Å²) in [6, 6.07) is 3.58. The monoisotopic (exact) mass is 341 g/mol. The SMILES string of the molecule is Cc1nc([C@@H]2COCCN2C(=O)c2ccc(C(F)(F)F)cc2)no1. The van der Waals surface area contributed by atoms with Gasteiger partial charge in [0, 0.05) is 19.0 Å². The number of morpholine rings is 1. The van der Waals surface area contributed by atoms with Gasteiger partial charge in [-0.3, -0.25) is 4.79 Å². The number of halogens is 3.